The van der Waals surface area contributed by atoms with Crippen molar-refractivity contribution in [2.45, 2.75) is 6.92 Å². The Hall–Kier alpha value is -2.24. The van der Waals surface area contributed by atoms with Crippen LogP contribution in [0.15, 0.2) is 42.5 Å². The van der Waals surface area contributed by atoms with Gasteiger partial charge in [0, 0.05) is 36.9 Å². The Kier molecular flexibility index (Phi) is 6.01. The minimum Gasteiger partial charge on any atom is -0.495 e. The average Bonchev–Trinajstić information content (AvgIpc) is 2.65. The van der Waals surface area contributed by atoms with Crippen LogP contribution in [-0.4, -0.2) is 50.6 Å². The van der Waals surface area contributed by atoms with Crippen molar-refractivity contribution in [2.75, 3.05) is 50.1 Å². The molecule has 0 unspecified atom stereocenters. The number of nitrogens with zero attached hydrogens (tertiary/aromatic N) is 2. The second-order valence-corrected chi connectivity index (χ2v) is 6.85. The highest BCUT2D eigenvalue weighted by molar-refractivity contribution is 6.31. The first kappa shape index (κ1) is 18.5. The maximum atomic E-state index is 12.3. The number of hydrogen-bond acceptors (Lipinski definition) is 4. The van der Waals surface area contributed by atoms with Gasteiger partial charge in [-0.2, -0.15) is 0 Å². The fourth-order valence-electron chi connectivity index (χ4n) is 3.11. The number of aryl methyl sites for hydroxylation is 1. The first-order valence-corrected chi connectivity index (χ1v) is 9.11. The Balaban J connectivity index is 1.52. The molecule has 0 radical (unpaired) electrons. The van der Waals surface area contributed by atoms with E-state index in [9.17, 15) is 4.79 Å². The van der Waals surface area contributed by atoms with Crippen LogP contribution in [0.5, 0.6) is 5.75 Å². The molecular formula is C20H24ClN3O2. The standard InChI is InChI=1S/C20H24ClN3O2/c1-15-7-8-16(13-17(15)21)22-20(25)14-23-9-11-24(12-10-23)18-5-3-4-6-19(18)26-2/h3-8,13H,9-12,14H2,1-2H3,(H,22,25). The summed E-state index contributed by atoms with van der Waals surface area (Å²) in [5.41, 5.74) is 2.84. The van der Waals surface area contributed by atoms with Crippen LogP contribution < -0.4 is 15.0 Å². The number of amides is 1. The molecule has 0 aromatic heterocycles. The summed E-state index contributed by atoms with van der Waals surface area (Å²) in [4.78, 5) is 16.8. The molecule has 1 amide bonds. The van der Waals surface area contributed by atoms with Gasteiger partial charge >= 0.3 is 0 Å². The van der Waals surface area contributed by atoms with Crippen LogP contribution in [0.1, 0.15) is 5.56 Å². The van der Waals surface area contributed by atoms with Crippen molar-refractivity contribution >= 4 is 28.9 Å². The number of piperazine rings is 1. The molecule has 26 heavy (non-hydrogen) atoms. The van der Waals surface area contributed by atoms with E-state index in [1.807, 2.05) is 37.3 Å². The summed E-state index contributed by atoms with van der Waals surface area (Å²) in [6.07, 6.45) is 0. The van der Waals surface area contributed by atoms with Crippen LogP contribution in [-0.2, 0) is 4.79 Å². The average molecular weight is 374 g/mol. The summed E-state index contributed by atoms with van der Waals surface area (Å²) >= 11 is 6.11. The van der Waals surface area contributed by atoms with Crippen molar-refractivity contribution in [3.05, 3.63) is 53.1 Å². The largest absolute Gasteiger partial charge is 0.495 e. The molecule has 138 valence electrons. The lowest BCUT2D eigenvalue weighted by molar-refractivity contribution is -0.117. The summed E-state index contributed by atoms with van der Waals surface area (Å²) in [6.45, 7) is 5.72. The van der Waals surface area contributed by atoms with Gasteiger partial charge in [-0.05, 0) is 36.8 Å². The highest BCUT2D eigenvalue weighted by atomic mass is 35.5. The fraction of sp³-hybridized carbons (Fsp3) is 0.350. The van der Waals surface area contributed by atoms with Crippen molar-refractivity contribution in [3.8, 4) is 5.75 Å². The summed E-state index contributed by atoms with van der Waals surface area (Å²) in [5.74, 6) is 0.866. The van der Waals surface area contributed by atoms with E-state index in [4.69, 9.17) is 16.3 Å². The highest BCUT2D eigenvalue weighted by Gasteiger charge is 2.21. The molecule has 0 spiro atoms. The topological polar surface area (TPSA) is 44.8 Å². The Bertz CT molecular complexity index is 773. The van der Waals surface area contributed by atoms with Gasteiger partial charge < -0.3 is 15.0 Å². The number of hydrogen-bond donors (Lipinski definition) is 1. The lowest BCUT2D eigenvalue weighted by Gasteiger charge is -2.36. The van der Waals surface area contributed by atoms with Crippen LogP contribution in [0.3, 0.4) is 0 Å². The van der Waals surface area contributed by atoms with Crippen molar-refractivity contribution < 1.29 is 9.53 Å². The Morgan fingerprint density at radius 2 is 1.88 bits per heavy atom. The molecule has 1 aliphatic heterocycles. The molecule has 0 saturated carbocycles. The molecule has 2 aromatic carbocycles. The van der Waals surface area contributed by atoms with Gasteiger partial charge in [-0.25, -0.2) is 0 Å². The molecule has 6 heteroatoms. The molecule has 1 heterocycles. The van der Waals surface area contributed by atoms with E-state index in [1.54, 1.807) is 13.2 Å². The number of carbonyl (C=O) groups excluding carboxylic acids is 1. The third kappa shape index (κ3) is 4.48. The molecule has 0 aliphatic carbocycles. The Labute approximate surface area is 159 Å². The predicted octanol–water partition coefficient (Wildman–Crippen LogP) is 3.42. The molecule has 0 bridgehead atoms. The normalized spacial score (nSPS) is 15.0. The number of anilines is 2. The van der Waals surface area contributed by atoms with Crippen LogP contribution in [0.4, 0.5) is 11.4 Å². The lowest BCUT2D eigenvalue weighted by atomic mass is 10.2. The molecular weight excluding hydrogens is 350 g/mol. The van der Waals surface area contributed by atoms with Gasteiger partial charge in [0.15, 0.2) is 0 Å². The monoisotopic (exact) mass is 373 g/mol. The van der Waals surface area contributed by atoms with Gasteiger partial charge in [0.1, 0.15) is 5.75 Å². The zero-order chi connectivity index (χ0) is 18.5. The smallest absolute Gasteiger partial charge is 0.238 e. The lowest BCUT2D eigenvalue weighted by Crippen LogP contribution is -2.48. The molecule has 1 fully saturated rings. The SMILES string of the molecule is COc1ccccc1N1CCN(CC(=O)Nc2ccc(C)c(Cl)c2)CC1. The summed E-state index contributed by atoms with van der Waals surface area (Å²) in [7, 11) is 1.69. The van der Waals surface area contributed by atoms with E-state index in [0.29, 0.717) is 11.6 Å². The van der Waals surface area contributed by atoms with Crippen LogP contribution in [0.25, 0.3) is 0 Å². The van der Waals surface area contributed by atoms with Crippen LogP contribution in [0, 0.1) is 6.92 Å². The number of para-hydroxylation sites is 2. The molecule has 1 aliphatic rings. The van der Waals surface area contributed by atoms with Crippen molar-refractivity contribution in [1.82, 2.24) is 4.90 Å². The molecule has 1 saturated heterocycles. The number of ether oxygens (including phenoxy) is 1. The van der Waals surface area contributed by atoms with E-state index >= 15 is 0 Å². The van der Waals surface area contributed by atoms with Gasteiger partial charge in [-0.15, -0.1) is 0 Å². The van der Waals surface area contributed by atoms with Crippen LogP contribution in [0.2, 0.25) is 5.02 Å². The molecule has 2 aromatic rings. The first-order valence-electron chi connectivity index (χ1n) is 8.73. The van der Waals surface area contributed by atoms with E-state index in [0.717, 1.165) is 48.9 Å². The summed E-state index contributed by atoms with van der Waals surface area (Å²) in [6, 6.07) is 13.6. The van der Waals surface area contributed by atoms with E-state index in [2.05, 4.69) is 21.2 Å². The molecule has 3 rings (SSSR count). The van der Waals surface area contributed by atoms with Gasteiger partial charge in [0.25, 0.3) is 0 Å². The fourth-order valence-corrected chi connectivity index (χ4v) is 3.29. The predicted molar refractivity (Wildman–Crippen MR) is 106 cm³/mol. The van der Waals surface area contributed by atoms with E-state index < -0.39 is 0 Å². The first-order chi connectivity index (χ1) is 12.6. The van der Waals surface area contributed by atoms with Gasteiger partial charge in [0.05, 0.1) is 19.3 Å². The quantitative estimate of drug-likeness (QED) is 0.872. The van der Waals surface area contributed by atoms with Crippen LogP contribution >= 0.6 is 11.6 Å². The number of benzene rings is 2. The number of halogens is 1. The minimum absolute atomic E-state index is 0.0179. The Morgan fingerprint density at radius 1 is 1.15 bits per heavy atom. The second-order valence-electron chi connectivity index (χ2n) is 6.45. The number of rotatable bonds is 5. The number of nitrogens with one attached hydrogen (secondary N) is 1. The van der Waals surface area contributed by atoms with E-state index in [1.165, 1.54) is 0 Å². The maximum absolute atomic E-state index is 12.3. The van der Waals surface area contributed by atoms with Gasteiger partial charge in [0.2, 0.25) is 5.91 Å². The Morgan fingerprint density at radius 3 is 2.58 bits per heavy atom. The molecule has 1 N–H and O–H groups in total. The number of carbonyl (C=O) groups is 1. The van der Waals surface area contributed by atoms with E-state index in [-0.39, 0.29) is 5.91 Å². The summed E-state index contributed by atoms with van der Waals surface area (Å²) in [5, 5.41) is 3.58. The summed E-state index contributed by atoms with van der Waals surface area (Å²) < 4.78 is 5.44. The van der Waals surface area contributed by atoms with Crippen molar-refractivity contribution in [2.24, 2.45) is 0 Å². The van der Waals surface area contributed by atoms with Gasteiger partial charge in [-0.1, -0.05) is 29.8 Å². The second kappa shape index (κ2) is 8.43. The van der Waals surface area contributed by atoms with Gasteiger partial charge in [-0.3, -0.25) is 9.69 Å². The zero-order valence-corrected chi connectivity index (χ0v) is 15.9. The third-order valence-electron chi connectivity index (χ3n) is 4.62. The van der Waals surface area contributed by atoms with Crippen molar-refractivity contribution in [3.63, 3.8) is 0 Å². The zero-order valence-electron chi connectivity index (χ0n) is 15.2. The highest BCUT2D eigenvalue weighted by Crippen LogP contribution is 2.28. The molecule has 5 nitrogen and oxygen atoms in total. The maximum Gasteiger partial charge on any atom is 0.238 e. The number of methoxy groups -OCH3 is 1. The van der Waals surface area contributed by atoms with Crippen molar-refractivity contribution in [1.29, 1.82) is 0 Å². The molecule has 0 atom stereocenters. The minimum atomic E-state index is -0.0179. The third-order valence-corrected chi connectivity index (χ3v) is 5.03.